The van der Waals surface area contributed by atoms with Crippen LogP contribution in [0.5, 0.6) is 5.75 Å². The zero-order valence-electron chi connectivity index (χ0n) is 14.2. The molecule has 0 N–H and O–H groups in total. The van der Waals surface area contributed by atoms with E-state index in [0.717, 1.165) is 34.2 Å². The number of hydrogen-bond acceptors (Lipinski definition) is 2. The van der Waals surface area contributed by atoms with Crippen LogP contribution in [0.2, 0.25) is 0 Å². The van der Waals surface area contributed by atoms with Gasteiger partial charge in [0.15, 0.2) is 5.78 Å². The molecule has 3 heteroatoms. The van der Waals surface area contributed by atoms with Gasteiger partial charge in [-0.25, -0.2) is 0 Å². The van der Waals surface area contributed by atoms with E-state index in [1.54, 1.807) is 7.11 Å². The van der Waals surface area contributed by atoms with Gasteiger partial charge in [0.25, 0.3) is 0 Å². The molecule has 0 amide bonds. The number of ketones is 1. The molecule has 126 valence electrons. The molecule has 0 unspecified atom stereocenters. The van der Waals surface area contributed by atoms with E-state index in [-0.39, 0.29) is 5.78 Å². The Bertz CT molecular complexity index is 702. The van der Waals surface area contributed by atoms with E-state index in [4.69, 9.17) is 4.74 Å². The number of ether oxygens (including phenoxy) is 1. The topological polar surface area (TPSA) is 26.3 Å². The first-order valence-electron chi connectivity index (χ1n) is 8.30. The lowest BCUT2D eigenvalue weighted by Crippen LogP contribution is -2.03. The highest BCUT2D eigenvalue weighted by Gasteiger charge is 2.14. The Hall–Kier alpha value is -1.87. The van der Waals surface area contributed by atoms with Crippen LogP contribution >= 0.6 is 15.9 Å². The predicted molar refractivity (Wildman–Crippen MR) is 104 cm³/mol. The van der Waals surface area contributed by atoms with Gasteiger partial charge < -0.3 is 4.74 Å². The predicted octanol–water partition coefficient (Wildman–Crippen LogP) is 6.30. The summed E-state index contributed by atoms with van der Waals surface area (Å²) in [6, 6.07) is 15.2. The summed E-state index contributed by atoms with van der Waals surface area (Å²) in [4.78, 5) is 13.0. The number of hydrogen-bond donors (Lipinski definition) is 0. The maximum Gasteiger partial charge on any atom is 0.193 e. The Balaban J connectivity index is 2.31. The van der Waals surface area contributed by atoms with Gasteiger partial charge in [-0.15, -0.1) is 0 Å². The van der Waals surface area contributed by atoms with Crippen molar-refractivity contribution >= 4 is 27.3 Å². The summed E-state index contributed by atoms with van der Waals surface area (Å²) in [5, 5.41) is 0. The highest BCUT2D eigenvalue weighted by molar-refractivity contribution is 9.10. The van der Waals surface area contributed by atoms with Gasteiger partial charge in [0.05, 0.1) is 7.11 Å². The van der Waals surface area contributed by atoms with Gasteiger partial charge in [-0.3, -0.25) is 4.79 Å². The number of halogens is 1. The van der Waals surface area contributed by atoms with Crippen LogP contribution in [0.25, 0.3) is 5.57 Å². The summed E-state index contributed by atoms with van der Waals surface area (Å²) >= 11 is 3.49. The van der Waals surface area contributed by atoms with Crippen LogP contribution in [0.4, 0.5) is 0 Å². The van der Waals surface area contributed by atoms with Crippen LogP contribution in [0, 0.1) is 0 Å². The standard InChI is InChI=1S/C21H23BrO2/c1-3-4-5-6-10-20(17-8-7-9-18(22)15-17)21(23)16-11-13-19(24-2)14-12-16/h7-15H,3-6H2,1-2H3/b20-10+. The number of Topliss-reactive ketones (excluding diaryl/α,β-unsaturated/α-hetero) is 1. The Morgan fingerprint density at radius 2 is 1.83 bits per heavy atom. The Morgan fingerprint density at radius 1 is 1.08 bits per heavy atom. The van der Waals surface area contributed by atoms with Crippen molar-refractivity contribution < 1.29 is 9.53 Å². The number of benzene rings is 2. The number of carbonyl (C=O) groups excluding carboxylic acids is 1. The third-order valence-corrected chi connectivity index (χ3v) is 4.38. The summed E-state index contributed by atoms with van der Waals surface area (Å²) < 4.78 is 6.14. The summed E-state index contributed by atoms with van der Waals surface area (Å²) in [7, 11) is 1.62. The van der Waals surface area contributed by atoms with Crippen molar-refractivity contribution in [3.63, 3.8) is 0 Å². The molecule has 2 aromatic rings. The molecular weight excluding hydrogens is 364 g/mol. The van der Waals surface area contributed by atoms with Crippen LogP contribution < -0.4 is 4.74 Å². The van der Waals surface area contributed by atoms with Crippen molar-refractivity contribution in [3.8, 4) is 5.75 Å². The van der Waals surface area contributed by atoms with Crippen LogP contribution in [0.15, 0.2) is 59.1 Å². The molecule has 2 rings (SSSR count). The molecule has 0 radical (unpaired) electrons. The minimum absolute atomic E-state index is 0.0484. The fraction of sp³-hybridized carbons (Fsp3) is 0.286. The van der Waals surface area contributed by atoms with Gasteiger partial charge in [-0.1, -0.05) is 53.9 Å². The monoisotopic (exact) mass is 386 g/mol. The van der Waals surface area contributed by atoms with E-state index in [1.807, 2.05) is 48.5 Å². The molecule has 0 saturated carbocycles. The Kier molecular flexibility index (Phi) is 7.26. The number of rotatable bonds is 8. The van der Waals surface area contributed by atoms with Crippen LogP contribution in [0.3, 0.4) is 0 Å². The Labute approximate surface area is 152 Å². The highest BCUT2D eigenvalue weighted by Crippen LogP contribution is 2.25. The summed E-state index contributed by atoms with van der Waals surface area (Å²) in [5.41, 5.74) is 2.39. The molecule has 0 aliphatic heterocycles. The second kappa shape index (κ2) is 9.43. The number of methoxy groups -OCH3 is 1. The second-order valence-electron chi connectivity index (χ2n) is 5.68. The van der Waals surface area contributed by atoms with Crippen molar-refractivity contribution in [1.29, 1.82) is 0 Å². The molecule has 0 saturated heterocycles. The molecule has 2 aromatic carbocycles. The largest absolute Gasteiger partial charge is 0.497 e. The van der Waals surface area contributed by atoms with Crippen LogP contribution in [-0.4, -0.2) is 12.9 Å². The van der Waals surface area contributed by atoms with E-state index in [9.17, 15) is 4.79 Å². The third-order valence-electron chi connectivity index (χ3n) is 3.89. The zero-order valence-corrected chi connectivity index (χ0v) is 15.8. The molecule has 0 aliphatic rings. The molecule has 0 aromatic heterocycles. The van der Waals surface area contributed by atoms with Gasteiger partial charge in [0.2, 0.25) is 0 Å². The molecule has 0 atom stereocenters. The third kappa shape index (κ3) is 5.07. The Morgan fingerprint density at radius 3 is 2.46 bits per heavy atom. The van der Waals surface area contributed by atoms with Gasteiger partial charge >= 0.3 is 0 Å². The normalized spacial score (nSPS) is 11.4. The number of unbranched alkanes of at least 4 members (excludes halogenated alkanes) is 3. The minimum Gasteiger partial charge on any atom is -0.497 e. The van der Waals surface area contributed by atoms with Crippen LogP contribution in [-0.2, 0) is 0 Å². The van der Waals surface area contributed by atoms with Crippen molar-refractivity contribution in [3.05, 3.63) is 70.2 Å². The average Bonchev–Trinajstić information content (AvgIpc) is 2.61. The lowest BCUT2D eigenvalue weighted by Gasteiger charge is -2.09. The molecule has 0 fully saturated rings. The van der Waals surface area contributed by atoms with E-state index in [0.29, 0.717) is 5.56 Å². The first-order chi connectivity index (χ1) is 11.7. The van der Waals surface area contributed by atoms with Crippen molar-refractivity contribution in [1.82, 2.24) is 0 Å². The molecule has 0 spiro atoms. The first-order valence-corrected chi connectivity index (χ1v) is 9.10. The molecule has 0 aliphatic carbocycles. The summed E-state index contributed by atoms with van der Waals surface area (Å²) in [6.07, 6.45) is 6.44. The average molecular weight is 387 g/mol. The van der Waals surface area contributed by atoms with Crippen molar-refractivity contribution in [2.45, 2.75) is 32.6 Å². The maximum absolute atomic E-state index is 13.0. The SMILES string of the molecule is CCCCC/C=C(/C(=O)c1ccc(OC)cc1)c1cccc(Br)c1. The first kappa shape index (κ1) is 18.5. The highest BCUT2D eigenvalue weighted by atomic mass is 79.9. The molecule has 2 nitrogen and oxygen atoms in total. The fourth-order valence-corrected chi connectivity index (χ4v) is 2.94. The maximum atomic E-state index is 13.0. The fourth-order valence-electron chi connectivity index (χ4n) is 2.54. The van der Waals surface area contributed by atoms with Gasteiger partial charge in [-0.05, 0) is 54.8 Å². The molecule has 0 bridgehead atoms. The smallest absolute Gasteiger partial charge is 0.193 e. The number of allylic oxidation sites excluding steroid dienone is 2. The van der Waals surface area contributed by atoms with Gasteiger partial charge in [0.1, 0.15) is 5.75 Å². The summed E-state index contributed by atoms with van der Waals surface area (Å²) in [6.45, 7) is 2.18. The van der Waals surface area contributed by atoms with E-state index >= 15 is 0 Å². The van der Waals surface area contributed by atoms with Gasteiger partial charge in [0, 0.05) is 15.6 Å². The van der Waals surface area contributed by atoms with E-state index in [1.165, 1.54) is 12.8 Å². The minimum atomic E-state index is 0.0484. The van der Waals surface area contributed by atoms with E-state index in [2.05, 4.69) is 28.9 Å². The summed E-state index contributed by atoms with van der Waals surface area (Å²) in [5.74, 6) is 0.801. The van der Waals surface area contributed by atoms with Gasteiger partial charge in [-0.2, -0.15) is 0 Å². The molecule has 24 heavy (non-hydrogen) atoms. The van der Waals surface area contributed by atoms with Crippen LogP contribution in [0.1, 0.15) is 48.5 Å². The van der Waals surface area contributed by atoms with E-state index < -0.39 is 0 Å². The molecule has 0 heterocycles. The second-order valence-corrected chi connectivity index (χ2v) is 6.60. The lowest BCUT2D eigenvalue weighted by molar-refractivity contribution is 0.105. The zero-order chi connectivity index (χ0) is 17.4. The quantitative estimate of drug-likeness (QED) is 0.302. The molecular formula is C21H23BrO2. The lowest BCUT2D eigenvalue weighted by atomic mass is 9.95. The van der Waals surface area contributed by atoms with Crippen molar-refractivity contribution in [2.24, 2.45) is 0 Å². The number of carbonyl (C=O) groups is 1. The van der Waals surface area contributed by atoms with Crippen molar-refractivity contribution in [2.75, 3.05) is 7.11 Å².